The lowest BCUT2D eigenvalue weighted by atomic mass is 10.0. The van der Waals surface area contributed by atoms with Gasteiger partial charge in [-0.1, -0.05) is 102 Å². The van der Waals surface area contributed by atoms with Crippen molar-refractivity contribution in [1.82, 2.24) is 34.9 Å². The summed E-state index contributed by atoms with van der Waals surface area (Å²) in [5, 5.41) is 14.9. The standard InChI is InChI=1S/C24H18ClN3O3S.C24H20N4O3S.2C23H17ClN4O3S/c25-21-15-19(28-12-13-32(28,30)31)9-10-20(21)24(29)26-18-6-3-5-17(14-18)23-11-8-16-4-1-2-7-22(16)27-23;1-16-4-7-18(15-21(16)23-20-3-2-11-25-22(20)10-12-26-23)27-24(29)17-5-8-19(9-6-17)28-13-14-32(28,30)31;24-19-14-17(28-11-12-32(28,30)31)6-7-18(19)23(29)26-16-4-1-3-15(13-16)20-8-9-21-22(27-20)5-2-10-25-21;24-20-14-17(28-11-12-32(28,30)31)6-7-18(20)23(29)27-16-4-1-3-15(13-16)22-19-5-2-9-25-21(19)8-10-26-22/h1-11,14-15H,12-13H2,(H,26,29);2-12,15H,13-14H2,1H3,(H,27,29);1-10,13-14H,11-12H2,(H,26,29);1-10,13-14H,11-12H2,(H,27,29). The Morgan fingerprint density at radius 1 is 0.312 bits per heavy atom. The fourth-order valence-electron chi connectivity index (χ4n) is 14.6. The molecule has 27 nitrogen and oxygen atoms in total. The minimum Gasteiger partial charge on any atom is -0.322 e. The number of pyridine rings is 7. The largest absolute Gasteiger partial charge is 0.322 e. The summed E-state index contributed by atoms with van der Waals surface area (Å²) >= 11 is 18.9. The van der Waals surface area contributed by atoms with E-state index in [2.05, 4.69) is 51.2 Å². The molecule has 9 aromatic carbocycles. The first kappa shape index (κ1) is 86.0. The second-order valence-electron chi connectivity index (χ2n) is 29.8. The van der Waals surface area contributed by atoms with Crippen LogP contribution in [0.15, 0.2) is 298 Å². The Kier molecular flexibility index (Phi) is 24.2. The van der Waals surface area contributed by atoms with Gasteiger partial charge in [-0.15, -0.1) is 0 Å². The topological polar surface area (TPSA) is 356 Å². The molecule has 20 rings (SSSR count). The van der Waals surface area contributed by atoms with E-state index in [1.165, 1.54) is 53.6 Å². The number of hydrogen-bond acceptors (Lipinski definition) is 19. The highest BCUT2D eigenvalue weighted by molar-refractivity contribution is 7.95. The fraction of sp³-hybridized carbons (Fsp3) is 0.0957. The molecule has 0 bridgehead atoms. The third-order valence-electron chi connectivity index (χ3n) is 21.5. The third-order valence-corrected chi connectivity index (χ3v) is 29.5. The SMILES string of the molecule is Cc1ccc(NC(=O)c2ccc(N3CCS3(=O)=O)cc2)cc1-c1nccc2ncccc12.O=C(Nc1cccc(-c2ccc3ccccc3n2)c1)c1ccc(N2CCS2(=O)=O)cc1Cl.O=C(Nc1cccc(-c2ccc3ncccc3n2)c1)c1ccc(N2CCS2(=O)=O)cc1Cl.O=C(Nc1cccc(-c2nccc3ncccc23)c1)c1ccc(N2CCS2(=O)=O)cc1Cl. The lowest BCUT2D eigenvalue weighted by Gasteiger charge is -2.32. The zero-order chi connectivity index (χ0) is 89.2. The van der Waals surface area contributed by atoms with Gasteiger partial charge in [0, 0.05) is 124 Å². The van der Waals surface area contributed by atoms with Crippen molar-refractivity contribution in [3.63, 3.8) is 0 Å². The Labute approximate surface area is 750 Å². The van der Waals surface area contributed by atoms with Crippen LogP contribution in [0.25, 0.3) is 88.8 Å². The second-order valence-corrected chi connectivity index (χ2v) is 39.0. The number of fused-ring (bicyclic) bond motifs is 4. The van der Waals surface area contributed by atoms with Gasteiger partial charge in [0.1, 0.15) is 0 Å². The molecule has 0 saturated carbocycles. The second kappa shape index (κ2) is 36.0. The van der Waals surface area contributed by atoms with Gasteiger partial charge >= 0.3 is 0 Å². The van der Waals surface area contributed by atoms with Crippen molar-refractivity contribution in [2.24, 2.45) is 0 Å². The number of sulfonamides is 4. The van der Waals surface area contributed by atoms with E-state index in [9.17, 15) is 52.8 Å². The maximum atomic E-state index is 12.8. The van der Waals surface area contributed by atoms with E-state index in [0.29, 0.717) is 77.2 Å². The molecule has 0 atom stereocenters. The number of nitrogens with one attached hydrogen (secondary N) is 4. The van der Waals surface area contributed by atoms with Crippen molar-refractivity contribution in [1.29, 1.82) is 0 Å². The molecule has 0 spiro atoms. The van der Waals surface area contributed by atoms with Crippen LogP contribution in [-0.2, 0) is 40.1 Å². The van der Waals surface area contributed by atoms with Gasteiger partial charge in [-0.2, -0.15) is 0 Å². The summed E-state index contributed by atoms with van der Waals surface area (Å²) in [5.74, 6) is -0.918. The van der Waals surface area contributed by atoms with Crippen LogP contribution >= 0.6 is 34.8 Å². The predicted octanol–water partition coefficient (Wildman–Crippen LogP) is 17.7. The van der Waals surface area contributed by atoms with E-state index in [1.54, 1.807) is 91.6 Å². The molecule has 16 aromatic rings. The van der Waals surface area contributed by atoms with Crippen molar-refractivity contribution in [3.8, 4) is 45.0 Å². The molecule has 0 aliphatic carbocycles. The molecule has 7 aromatic heterocycles. The molecule has 4 fully saturated rings. The Hall–Kier alpha value is -14.2. The number of halogens is 3. The normalized spacial score (nSPS) is 14.7. The van der Waals surface area contributed by atoms with Crippen LogP contribution in [0.5, 0.6) is 0 Å². The summed E-state index contributed by atoms with van der Waals surface area (Å²) < 4.78 is 99.6. The van der Waals surface area contributed by atoms with E-state index in [4.69, 9.17) is 39.8 Å². The van der Waals surface area contributed by atoms with Gasteiger partial charge in [0.05, 0.1) is 128 Å². The number of anilines is 8. The molecule has 4 N–H and O–H groups in total. The number of aryl methyl sites for hydroxylation is 1. The van der Waals surface area contributed by atoms with Crippen molar-refractivity contribution in [3.05, 3.63) is 341 Å². The molecule has 11 heterocycles. The van der Waals surface area contributed by atoms with E-state index >= 15 is 0 Å². The van der Waals surface area contributed by atoms with Crippen molar-refractivity contribution >= 4 is 188 Å². The first-order valence-corrected chi connectivity index (χ1v) is 47.4. The Morgan fingerprint density at radius 2 is 0.711 bits per heavy atom. The number of amides is 4. The minimum atomic E-state index is -3.26. The maximum Gasteiger partial charge on any atom is 0.257 e. The highest BCUT2D eigenvalue weighted by Crippen LogP contribution is 2.38. The van der Waals surface area contributed by atoms with Gasteiger partial charge in [-0.05, 0) is 213 Å². The number of nitrogens with zero attached hydrogens (tertiary/aromatic N) is 11. The summed E-state index contributed by atoms with van der Waals surface area (Å²) in [4.78, 5) is 82.7. The first-order valence-electron chi connectivity index (χ1n) is 39.8. The Morgan fingerprint density at radius 3 is 1.19 bits per heavy atom. The van der Waals surface area contributed by atoms with Gasteiger partial charge in [-0.3, -0.25) is 61.3 Å². The summed E-state index contributed by atoms with van der Waals surface area (Å²) in [6.07, 6.45) is 8.64. The zero-order valence-electron chi connectivity index (χ0n) is 67.5. The molecular formula is C94H72Cl3N15O12S4. The van der Waals surface area contributed by atoms with E-state index in [1.807, 2.05) is 177 Å². The van der Waals surface area contributed by atoms with Crippen LogP contribution in [0, 0.1) is 6.92 Å². The molecule has 4 aliphatic heterocycles. The van der Waals surface area contributed by atoms with Gasteiger partial charge in [0.2, 0.25) is 40.1 Å². The third kappa shape index (κ3) is 18.6. The minimum absolute atomic E-state index is 0.116. The predicted molar refractivity (Wildman–Crippen MR) is 504 cm³/mol. The summed E-state index contributed by atoms with van der Waals surface area (Å²) in [6.45, 7) is 3.71. The maximum absolute atomic E-state index is 12.8. The molecule has 34 heteroatoms. The molecule has 128 heavy (non-hydrogen) atoms. The molecule has 0 radical (unpaired) electrons. The van der Waals surface area contributed by atoms with E-state index in [0.717, 1.165) is 94.3 Å². The molecule has 4 aliphatic rings. The van der Waals surface area contributed by atoms with Gasteiger partial charge < -0.3 is 21.3 Å². The lowest BCUT2D eigenvalue weighted by Crippen LogP contribution is -2.47. The summed E-state index contributed by atoms with van der Waals surface area (Å²) in [5.41, 5.74) is 17.4. The zero-order valence-corrected chi connectivity index (χ0v) is 73.1. The van der Waals surface area contributed by atoms with Gasteiger partial charge in [0.15, 0.2) is 0 Å². The molecular weight excluding hydrogens is 1770 g/mol. The summed E-state index contributed by atoms with van der Waals surface area (Å²) in [6, 6.07) is 79.0. The number of carbonyl (C=O) groups is 4. The molecule has 4 amide bonds. The highest BCUT2D eigenvalue weighted by Gasteiger charge is 2.37. The quantitative estimate of drug-likeness (QED) is 0.0698. The molecule has 4 saturated heterocycles. The average molecular weight is 1840 g/mol. The molecule has 640 valence electrons. The number of para-hydroxylation sites is 1. The van der Waals surface area contributed by atoms with Crippen LogP contribution in [0.3, 0.4) is 0 Å². The smallest absolute Gasteiger partial charge is 0.257 e. The molecule has 0 unspecified atom stereocenters. The number of rotatable bonds is 16. The Bertz CT molecular complexity index is 7420. The lowest BCUT2D eigenvalue weighted by molar-refractivity contribution is 0.101. The van der Waals surface area contributed by atoms with Crippen molar-refractivity contribution < 1.29 is 52.8 Å². The number of carbonyl (C=O) groups excluding carboxylic acids is 4. The highest BCUT2D eigenvalue weighted by atomic mass is 35.5. The summed E-state index contributed by atoms with van der Waals surface area (Å²) in [7, 11) is -12.9. The van der Waals surface area contributed by atoms with Gasteiger partial charge in [-0.25, -0.2) is 43.6 Å². The average Bonchev–Trinajstić information content (AvgIpc) is 0.780. The van der Waals surface area contributed by atoms with Gasteiger partial charge in [0.25, 0.3) is 23.6 Å². The van der Waals surface area contributed by atoms with Crippen LogP contribution in [0.4, 0.5) is 45.5 Å². The van der Waals surface area contributed by atoms with Crippen molar-refractivity contribution in [2.45, 2.75) is 6.92 Å². The van der Waals surface area contributed by atoms with Crippen LogP contribution in [-0.4, -0.2) is 141 Å². The van der Waals surface area contributed by atoms with Crippen LogP contribution in [0.2, 0.25) is 15.1 Å². The fourth-order valence-corrected chi connectivity index (χ4v) is 19.8. The van der Waals surface area contributed by atoms with E-state index < -0.39 is 46.0 Å². The van der Waals surface area contributed by atoms with E-state index in [-0.39, 0.29) is 72.5 Å². The van der Waals surface area contributed by atoms with Crippen LogP contribution < -0.4 is 38.5 Å². The van der Waals surface area contributed by atoms with Crippen molar-refractivity contribution in [2.75, 3.05) is 87.7 Å². The monoisotopic (exact) mass is 1840 g/mol. The number of hydrogen-bond donors (Lipinski definition) is 4. The number of benzene rings is 9. The van der Waals surface area contributed by atoms with Crippen LogP contribution in [0.1, 0.15) is 47.0 Å². The first-order chi connectivity index (χ1) is 61.6. The Balaban J connectivity index is 0.000000120. The number of aromatic nitrogens is 7.